The van der Waals surface area contributed by atoms with E-state index in [1.165, 1.54) is 12.8 Å². The molecular weight excluding hydrogens is 154 g/mol. The molecule has 0 atom stereocenters. The lowest BCUT2D eigenvalue weighted by atomic mass is 9.94. The zero-order valence-corrected chi connectivity index (χ0v) is 7.76. The highest BCUT2D eigenvalue weighted by atomic mass is 16.4. The number of hydrogen-bond donors (Lipinski definition) is 2. The van der Waals surface area contributed by atoms with E-state index in [1.54, 1.807) is 13.8 Å². The molecule has 1 saturated carbocycles. The van der Waals surface area contributed by atoms with E-state index in [9.17, 15) is 4.79 Å². The maximum absolute atomic E-state index is 10.7. The summed E-state index contributed by atoms with van der Waals surface area (Å²) in [4.78, 5) is 10.7. The van der Waals surface area contributed by atoms with Gasteiger partial charge in [-0.25, -0.2) is 0 Å². The van der Waals surface area contributed by atoms with Crippen molar-refractivity contribution in [2.45, 2.75) is 26.7 Å². The minimum atomic E-state index is -0.731. The van der Waals surface area contributed by atoms with Crippen LogP contribution in [0.4, 0.5) is 0 Å². The second-order valence-corrected chi connectivity index (χ2v) is 4.26. The third kappa shape index (κ3) is 2.81. The lowest BCUT2D eigenvalue weighted by molar-refractivity contribution is -0.146. The van der Waals surface area contributed by atoms with Gasteiger partial charge in [-0.05, 0) is 39.2 Å². The van der Waals surface area contributed by atoms with E-state index in [1.807, 2.05) is 0 Å². The van der Waals surface area contributed by atoms with Gasteiger partial charge in [0.15, 0.2) is 0 Å². The number of aliphatic carboxylic acids is 1. The van der Waals surface area contributed by atoms with E-state index in [4.69, 9.17) is 5.11 Å². The summed E-state index contributed by atoms with van der Waals surface area (Å²) in [6.45, 7) is 5.04. The normalized spacial score (nSPS) is 17.8. The monoisotopic (exact) mass is 171 g/mol. The SMILES string of the molecule is CC(C)(CNCC1CC1)C(=O)O. The molecule has 0 bridgehead atoms. The second kappa shape index (κ2) is 3.44. The van der Waals surface area contributed by atoms with Gasteiger partial charge in [0.05, 0.1) is 5.41 Å². The Morgan fingerprint density at radius 3 is 2.58 bits per heavy atom. The zero-order chi connectivity index (χ0) is 9.19. The molecule has 0 amide bonds. The van der Waals surface area contributed by atoms with Gasteiger partial charge in [0, 0.05) is 6.54 Å². The molecule has 1 fully saturated rings. The molecular formula is C9H17NO2. The number of hydrogen-bond acceptors (Lipinski definition) is 2. The number of nitrogens with one attached hydrogen (secondary N) is 1. The van der Waals surface area contributed by atoms with Crippen LogP contribution in [0.1, 0.15) is 26.7 Å². The van der Waals surface area contributed by atoms with E-state index < -0.39 is 11.4 Å². The Morgan fingerprint density at radius 2 is 2.17 bits per heavy atom. The lowest BCUT2D eigenvalue weighted by Gasteiger charge is -2.19. The first-order valence-electron chi connectivity index (χ1n) is 4.46. The molecule has 0 radical (unpaired) electrons. The lowest BCUT2D eigenvalue weighted by Crippen LogP contribution is -2.36. The maximum atomic E-state index is 10.7. The molecule has 0 aromatic rings. The fourth-order valence-corrected chi connectivity index (χ4v) is 0.986. The molecule has 0 aromatic carbocycles. The van der Waals surface area contributed by atoms with Crippen LogP contribution >= 0.6 is 0 Å². The third-order valence-electron chi connectivity index (χ3n) is 2.28. The molecule has 1 rings (SSSR count). The summed E-state index contributed by atoms with van der Waals surface area (Å²) < 4.78 is 0. The summed E-state index contributed by atoms with van der Waals surface area (Å²) in [6, 6.07) is 0. The maximum Gasteiger partial charge on any atom is 0.310 e. The Balaban J connectivity index is 2.14. The van der Waals surface area contributed by atoms with Crippen LogP contribution in [0.25, 0.3) is 0 Å². The van der Waals surface area contributed by atoms with Crippen LogP contribution in [-0.4, -0.2) is 24.2 Å². The van der Waals surface area contributed by atoms with Crippen LogP contribution in [0.2, 0.25) is 0 Å². The van der Waals surface area contributed by atoms with Gasteiger partial charge in [0.25, 0.3) is 0 Å². The van der Waals surface area contributed by atoms with Crippen molar-refractivity contribution in [2.75, 3.05) is 13.1 Å². The first-order valence-corrected chi connectivity index (χ1v) is 4.46. The molecule has 1 aliphatic rings. The Hall–Kier alpha value is -0.570. The molecule has 0 aromatic heterocycles. The average molecular weight is 171 g/mol. The standard InChI is InChI=1S/C9H17NO2/c1-9(2,8(11)12)6-10-5-7-3-4-7/h7,10H,3-6H2,1-2H3,(H,11,12). The summed E-state index contributed by atoms with van der Waals surface area (Å²) in [7, 11) is 0. The largest absolute Gasteiger partial charge is 0.481 e. The molecule has 0 heterocycles. The number of carboxylic acids is 1. The predicted molar refractivity (Wildman–Crippen MR) is 47.0 cm³/mol. The summed E-state index contributed by atoms with van der Waals surface area (Å²) >= 11 is 0. The molecule has 3 heteroatoms. The minimum Gasteiger partial charge on any atom is -0.481 e. The minimum absolute atomic E-state index is 0.568. The summed E-state index contributed by atoms with van der Waals surface area (Å²) in [5.41, 5.74) is -0.630. The van der Waals surface area contributed by atoms with Gasteiger partial charge >= 0.3 is 5.97 Å². The zero-order valence-electron chi connectivity index (χ0n) is 7.76. The van der Waals surface area contributed by atoms with Crippen LogP contribution in [0.3, 0.4) is 0 Å². The van der Waals surface area contributed by atoms with Crippen molar-refractivity contribution in [3.05, 3.63) is 0 Å². The number of carbonyl (C=O) groups is 1. The van der Waals surface area contributed by atoms with Gasteiger partial charge in [0.2, 0.25) is 0 Å². The van der Waals surface area contributed by atoms with Crippen LogP contribution in [0, 0.1) is 11.3 Å². The highest BCUT2D eigenvalue weighted by Gasteiger charge is 2.28. The van der Waals surface area contributed by atoms with Crippen molar-refractivity contribution >= 4 is 5.97 Å². The average Bonchev–Trinajstić information content (AvgIpc) is 2.70. The van der Waals surface area contributed by atoms with Gasteiger partial charge in [-0.1, -0.05) is 0 Å². The van der Waals surface area contributed by atoms with E-state index in [-0.39, 0.29) is 0 Å². The Morgan fingerprint density at radius 1 is 1.58 bits per heavy atom. The summed E-state index contributed by atoms with van der Waals surface area (Å²) in [5, 5.41) is 12.0. The first kappa shape index (κ1) is 9.52. The van der Waals surface area contributed by atoms with Crippen LogP contribution < -0.4 is 5.32 Å². The summed E-state index contributed by atoms with van der Waals surface area (Å²) in [6.07, 6.45) is 2.61. The Kier molecular flexibility index (Phi) is 2.73. The van der Waals surface area contributed by atoms with E-state index in [2.05, 4.69) is 5.32 Å². The van der Waals surface area contributed by atoms with Gasteiger partial charge in [-0.15, -0.1) is 0 Å². The fourth-order valence-electron chi connectivity index (χ4n) is 0.986. The van der Waals surface area contributed by atoms with E-state index in [0.29, 0.717) is 6.54 Å². The molecule has 0 unspecified atom stereocenters. The highest BCUT2D eigenvalue weighted by Crippen LogP contribution is 2.27. The number of carboxylic acid groups (broad SMARTS) is 1. The van der Waals surface area contributed by atoms with Crippen molar-refractivity contribution in [3.8, 4) is 0 Å². The molecule has 2 N–H and O–H groups in total. The topological polar surface area (TPSA) is 49.3 Å². The van der Waals surface area contributed by atoms with Gasteiger partial charge in [-0.2, -0.15) is 0 Å². The van der Waals surface area contributed by atoms with Gasteiger partial charge in [0.1, 0.15) is 0 Å². The molecule has 0 aliphatic heterocycles. The predicted octanol–water partition coefficient (Wildman–Crippen LogP) is 1.10. The quantitative estimate of drug-likeness (QED) is 0.651. The molecule has 70 valence electrons. The first-order chi connectivity index (χ1) is 5.52. The Labute approximate surface area is 73.2 Å². The van der Waals surface area contributed by atoms with Crippen LogP contribution in [0.15, 0.2) is 0 Å². The van der Waals surface area contributed by atoms with Crippen LogP contribution in [0.5, 0.6) is 0 Å². The van der Waals surface area contributed by atoms with Crippen molar-refractivity contribution in [3.63, 3.8) is 0 Å². The second-order valence-electron chi connectivity index (χ2n) is 4.26. The molecule has 1 aliphatic carbocycles. The van der Waals surface area contributed by atoms with E-state index >= 15 is 0 Å². The molecule has 12 heavy (non-hydrogen) atoms. The van der Waals surface area contributed by atoms with Crippen LogP contribution in [-0.2, 0) is 4.79 Å². The smallest absolute Gasteiger partial charge is 0.310 e. The number of rotatable bonds is 5. The van der Waals surface area contributed by atoms with E-state index in [0.717, 1.165) is 12.5 Å². The van der Waals surface area contributed by atoms with Crippen molar-refractivity contribution < 1.29 is 9.90 Å². The Bertz CT molecular complexity index is 173. The molecule has 0 saturated heterocycles. The fraction of sp³-hybridized carbons (Fsp3) is 0.889. The molecule has 0 spiro atoms. The highest BCUT2D eigenvalue weighted by molar-refractivity contribution is 5.73. The van der Waals surface area contributed by atoms with Crippen molar-refractivity contribution in [1.82, 2.24) is 5.32 Å². The van der Waals surface area contributed by atoms with Crippen molar-refractivity contribution in [2.24, 2.45) is 11.3 Å². The third-order valence-corrected chi connectivity index (χ3v) is 2.28. The summed E-state index contributed by atoms with van der Waals surface area (Å²) in [5.74, 6) is 0.0837. The van der Waals surface area contributed by atoms with Gasteiger partial charge < -0.3 is 10.4 Å². The van der Waals surface area contributed by atoms with Gasteiger partial charge in [-0.3, -0.25) is 4.79 Å². The molecule has 3 nitrogen and oxygen atoms in total. The van der Waals surface area contributed by atoms with Crippen molar-refractivity contribution in [1.29, 1.82) is 0 Å².